The number of nitrogens with two attached hydrogens (primary N) is 1. The molecule has 1 unspecified atom stereocenters. The summed E-state index contributed by atoms with van der Waals surface area (Å²) >= 11 is 0. The van der Waals surface area contributed by atoms with E-state index in [0.717, 1.165) is 50.0 Å². The zero-order valence-electron chi connectivity index (χ0n) is 21.5. The van der Waals surface area contributed by atoms with Gasteiger partial charge in [0.05, 0.1) is 6.10 Å². The molecule has 0 aliphatic carbocycles. The largest absolute Gasteiger partial charge is 0.391 e. The Morgan fingerprint density at radius 3 is 2.33 bits per heavy atom. The van der Waals surface area contributed by atoms with Crippen molar-refractivity contribution in [3.63, 3.8) is 0 Å². The normalized spacial score (nSPS) is 14.2. The van der Waals surface area contributed by atoms with E-state index in [4.69, 9.17) is 5.73 Å². The number of rotatable bonds is 17. The third-order valence-corrected chi connectivity index (χ3v) is 6.19. The molecule has 0 bridgehead atoms. The van der Waals surface area contributed by atoms with Gasteiger partial charge in [-0.15, -0.1) is 0 Å². The summed E-state index contributed by atoms with van der Waals surface area (Å²) in [6.45, 7) is 13.1. The quantitative estimate of drug-likeness (QED) is 0.308. The lowest BCUT2D eigenvalue weighted by Gasteiger charge is -2.30. The van der Waals surface area contributed by atoms with Crippen LogP contribution in [0.25, 0.3) is 0 Å². The van der Waals surface area contributed by atoms with Gasteiger partial charge in [-0.2, -0.15) is 0 Å². The predicted octanol–water partition coefficient (Wildman–Crippen LogP) is 3.68. The monoisotopic (exact) mass is 461 g/mol. The first kappa shape index (κ1) is 29.1. The van der Waals surface area contributed by atoms with E-state index in [1.54, 1.807) is 0 Å². The Hall–Kier alpha value is -1.92. The fourth-order valence-corrected chi connectivity index (χ4v) is 4.36. The smallest absolute Gasteiger partial charge is 0.222 e. The average Bonchev–Trinajstić information content (AvgIpc) is 2.75. The third-order valence-electron chi connectivity index (χ3n) is 6.19. The number of amides is 2. The molecule has 1 aromatic carbocycles. The van der Waals surface area contributed by atoms with Crippen molar-refractivity contribution in [1.82, 2.24) is 10.2 Å². The van der Waals surface area contributed by atoms with Crippen LogP contribution in [0.3, 0.4) is 0 Å². The van der Waals surface area contributed by atoms with Crippen LogP contribution in [-0.4, -0.2) is 54.1 Å². The van der Waals surface area contributed by atoms with Gasteiger partial charge >= 0.3 is 0 Å². The van der Waals surface area contributed by atoms with Gasteiger partial charge < -0.3 is 21.1 Å². The van der Waals surface area contributed by atoms with Crippen LogP contribution in [0.4, 0.5) is 0 Å². The Labute approximate surface area is 201 Å². The minimum Gasteiger partial charge on any atom is -0.391 e. The van der Waals surface area contributed by atoms with Gasteiger partial charge in [0.15, 0.2) is 0 Å². The zero-order valence-corrected chi connectivity index (χ0v) is 21.5. The Bertz CT molecular complexity index is 702. The predicted molar refractivity (Wildman–Crippen MR) is 136 cm³/mol. The first-order valence-corrected chi connectivity index (χ1v) is 12.7. The van der Waals surface area contributed by atoms with Crippen LogP contribution >= 0.6 is 0 Å². The fraction of sp³-hybridized carbons (Fsp3) is 0.704. The number of primary amides is 1. The second-order valence-electron chi connectivity index (χ2n) is 9.74. The third kappa shape index (κ3) is 11.2. The number of nitrogens with zero attached hydrogens (tertiary/aromatic N) is 1. The molecule has 0 saturated carbocycles. The lowest BCUT2D eigenvalue weighted by Crippen LogP contribution is -2.43. The number of hydrogen-bond acceptors (Lipinski definition) is 4. The summed E-state index contributed by atoms with van der Waals surface area (Å²) in [5, 5.41) is 14.4. The van der Waals surface area contributed by atoms with Crippen molar-refractivity contribution in [3.05, 3.63) is 35.4 Å². The minimum absolute atomic E-state index is 0.0591. The highest BCUT2D eigenvalue weighted by molar-refractivity contribution is 5.80. The summed E-state index contributed by atoms with van der Waals surface area (Å²) in [5.41, 5.74) is 8.04. The summed E-state index contributed by atoms with van der Waals surface area (Å²) < 4.78 is 0. The van der Waals surface area contributed by atoms with E-state index in [0.29, 0.717) is 25.3 Å². The molecular formula is C27H47N3O3. The molecule has 1 aromatic rings. The standard InChI is InChI=1S/C27H47N3O3/c1-6-15-30(16-7-2)26(32)12-11-23(27(28)33)24(18-22-10-8-9-21(5)17-22)25(31)19-29-14-13-20(3)4/h8-10,17,20,23-25,29,31H,6-7,11-16,18-19H2,1-5H3,(H2,28,33)/t23?,24-,25-/m0/s1. The Morgan fingerprint density at radius 2 is 1.79 bits per heavy atom. The highest BCUT2D eigenvalue weighted by Gasteiger charge is 2.33. The van der Waals surface area contributed by atoms with Gasteiger partial charge in [0.2, 0.25) is 11.8 Å². The Balaban J connectivity index is 2.98. The number of aryl methyl sites for hydroxylation is 1. The Kier molecular flexibility index (Phi) is 14.0. The molecule has 0 spiro atoms. The first-order chi connectivity index (χ1) is 15.7. The summed E-state index contributed by atoms with van der Waals surface area (Å²) in [6, 6.07) is 8.12. The lowest BCUT2D eigenvalue weighted by molar-refractivity contribution is -0.132. The van der Waals surface area contributed by atoms with Gasteiger partial charge in [-0.25, -0.2) is 0 Å². The molecule has 3 atom stereocenters. The second-order valence-corrected chi connectivity index (χ2v) is 9.74. The fourth-order valence-electron chi connectivity index (χ4n) is 4.36. The highest BCUT2D eigenvalue weighted by Crippen LogP contribution is 2.26. The molecule has 1 rings (SSSR count). The van der Waals surface area contributed by atoms with E-state index < -0.39 is 17.9 Å². The number of aliphatic hydroxyl groups is 1. The number of benzene rings is 1. The average molecular weight is 462 g/mol. The summed E-state index contributed by atoms with van der Waals surface area (Å²) in [4.78, 5) is 27.2. The van der Waals surface area contributed by atoms with Crippen LogP contribution in [0.2, 0.25) is 0 Å². The first-order valence-electron chi connectivity index (χ1n) is 12.7. The maximum absolute atomic E-state index is 12.8. The van der Waals surface area contributed by atoms with Crippen molar-refractivity contribution < 1.29 is 14.7 Å². The van der Waals surface area contributed by atoms with Gasteiger partial charge in [0, 0.05) is 37.9 Å². The number of aliphatic hydroxyl groups excluding tert-OH is 1. The second kappa shape index (κ2) is 15.8. The zero-order chi connectivity index (χ0) is 24.8. The molecule has 2 amide bonds. The number of nitrogens with one attached hydrogen (secondary N) is 1. The highest BCUT2D eigenvalue weighted by atomic mass is 16.3. The molecule has 6 heteroatoms. The molecule has 0 aromatic heterocycles. The van der Waals surface area contributed by atoms with Gasteiger partial charge in [0.25, 0.3) is 0 Å². The van der Waals surface area contributed by atoms with E-state index in [1.807, 2.05) is 30.0 Å². The van der Waals surface area contributed by atoms with Crippen LogP contribution < -0.4 is 11.1 Å². The van der Waals surface area contributed by atoms with Crippen LogP contribution in [0.5, 0.6) is 0 Å². The van der Waals surface area contributed by atoms with E-state index in [2.05, 4.69) is 39.1 Å². The van der Waals surface area contributed by atoms with Crippen molar-refractivity contribution in [2.75, 3.05) is 26.2 Å². The van der Waals surface area contributed by atoms with Crippen LogP contribution in [0.1, 0.15) is 70.9 Å². The summed E-state index contributed by atoms with van der Waals surface area (Å²) in [6.07, 6.45) is 3.28. The van der Waals surface area contributed by atoms with Crippen LogP contribution in [0.15, 0.2) is 24.3 Å². The Morgan fingerprint density at radius 1 is 1.12 bits per heavy atom. The molecular weight excluding hydrogens is 414 g/mol. The maximum atomic E-state index is 12.8. The van der Waals surface area contributed by atoms with Crippen LogP contribution in [-0.2, 0) is 16.0 Å². The van der Waals surface area contributed by atoms with Gasteiger partial charge in [-0.1, -0.05) is 57.5 Å². The van der Waals surface area contributed by atoms with Crippen molar-refractivity contribution in [2.24, 2.45) is 23.5 Å². The van der Waals surface area contributed by atoms with Crippen molar-refractivity contribution in [2.45, 2.75) is 79.2 Å². The molecule has 0 fully saturated rings. The maximum Gasteiger partial charge on any atom is 0.222 e. The number of carbonyl (C=O) groups is 2. The molecule has 0 radical (unpaired) electrons. The summed E-state index contributed by atoms with van der Waals surface area (Å²) in [5.74, 6) is -0.727. The SMILES string of the molecule is CCCN(CCC)C(=O)CCC(C(N)=O)[C@H](Cc1cccc(C)c1)[C@@H](O)CNCCC(C)C. The molecule has 188 valence electrons. The van der Waals surface area contributed by atoms with Gasteiger partial charge in [-0.3, -0.25) is 9.59 Å². The van der Waals surface area contributed by atoms with E-state index in [9.17, 15) is 14.7 Å². The molecule has 33 heavy (non-hydrogen) atoms. The molecule has 4 N–H and O–H groups in total. The van der Waals surface area contributed by atoms with Crippen molar-refractivity contribution >= 4 is 11.8 Å². The van der Waals surface area contributed by atoms with Crippen molar-refractivity contribution in [1.29, 1.82) is 0 Å². The topological polar surface area (TPSA) is 95.7 Å². The molecule has 0 heterocycles. The lowest BCUT2D eigenvalue weighted by atomic mass is 9.79. The van der Waals surface area contributed by atoms with Crippen molar-refractivity contribution in [3.8, 4) is 0 Å². The van der Waals surface area contributed by atoms with E-state index in [1.165, 1.54) is 0 Å². The number of hydrogen-bond donors (Lipinski definition) is 3. The minimum atomic E-state index is -0.729. The van der Waals surface area contributed by atoms with Gasteiger partial charge in [0.1, 0.15) is 0 Å². The van der Waals surface area contributed by atoms with E-state index in [-0.39, 0.29) is 18.2 Å². The van der Waals surface area contributed by atoms with Gasteiger partial charge in [-0.05, 0) is 57.1 Å². The van der Waals surface area contributed by atoms with Crippen LogP contribution in [0, 0.1) is 24.7 Å². The van der Waals surface area contributed by atoms with E-state index >= 15 is 0 Å². The molecule has 0 aliphatic rings. The molecule has 6 nitrogen and oxygen atoms in total. The summed E-state index contributed by atoms with van der Waals surface area (Å²) in [7, 11) is 0. The molecule has 0 saturated heterocycles. The molecule has 0 aliphatic heterocycles. The number of carbonyl (C=O) groups excluding carboxylic acids is 2.